The Kier molecular flexibility index (Phi) is 4.17. The maximum atomic E-state index is 12.4. The van der Waals surface area contributed by atoms with Crippen LogP contribution in [0.4, 0.5) is 0 Å². The monoisotopic (exact) mass is 414 g/mol. The number of aliphatic hydroxyl groups is 1. The summed E-state index contributed by atoms with van der Waals surface area (Å²) in [5.41, 5.74) is 0.306. The van der Waals surface area contributed by atoms with E-state index < -0.39 is 29.0 Å². The topological polar surface area (TPSA) is 108 Å². The predicted octanol–water partition coefficient (Wildman–Crippen LogP) is 0.390. The van der Waals surface area contributed by atoms with E-state index in [-0.39, 0.29) is 17.8 Å². The summed E-state index contributed by atoms with van der Waals surface area (Å²) in [5, 5.41) is 25.5. The lowest BCUT2D eigenvalue weighted by atomic mass is 9.48. The Hall–Kier alpha value is -2.58. The quantitative estimate of drug-likeness (QED) is 0.485. The summed E-state index contributed by atoms with van der Waals surface area (Å²) in [6, 6.07) is 3.17. The first-order valence-electron chi connectivity index (χ1n) is 10.3. The lowest BCUT2D eigenvalue weighted by molar-refractivity contribution is -0.187. The Morgan fingerprint density at radius 2 is 2.13 bits per heavy atom. The highest BCUT2D eigenvalue weighted by Crippen LogP contribution is 2.65. The molecule has 0 aromatic heterocycles. The van der Waals surface area contributed by atoms with Gasteiger partial charge in [-0.2, -0.15) is 0 Å². The van der Waals surface area contributed by atoms with Gasteiger partial charge < -0.3 is 29.9 Å². The fraction of sp³-hybridized carbons (Fsp3) is 0.545. The molecule has 30 heavy (non-hydrogen) atoms. The number of methoxy groups -OCH3 is 1. The van der Waals surface area contributed by atoms with Gasteiger partial charge in [-0.3, -0.25) is 4.79 Å². The number of hydrogen-bond acceptors (Lipinski definition) is 7. The van der Waals surface area contributed by atoms with E-state index in [1.165, 1.54) is 7.11 Å². The maximum Gasteiger partial charge on any atom is 0.330 e. The van der Waals surface area contributed by atoms with Gasteiger partial charge in [0.05, 0.1) is 24.2 Å². The Morgan fingerprint density at radius 3 is 2.90 bits per heavy atom. The number of hydrogen-bond donors (Lipinski definition) is 3. The standard InChI is InChI=1S/C22H26N2O6/c1-24-10-9-21-18-12-3-4-14(25)19(18)30-20(21)13(7-8-22(21,28)15(24)11-12)23-16(26)5-6-17(27)29-2/h3-6,13,15,20,25,28H,7-11H2,1-2H3,(H,23,26)/b6-5+/t13-,15?,20+,21?,22-/m1/s1. The third kappa shape index (κ3) is 2.34. The Balaban J connectivity index is 1.56. The zero-order chi connectivity index (χ0) is 21.3. The van der Waals surface area contributed by atoms with E-state index in [2.05, 4.69) is 15.0 Å². The Bertz CT molecular complexity index is 961. The van der Waals surface area contributed by atoms with E-state index in [1.54, 1.807) is 6.07 Å². The van der Waals surface area contributed by atoms with Crippen LogP contribution in [0.15, 0.2) is 24.3 Å². The van der Waals surface area contributed by atoms with Crippen molar-refractivity contribution in [1.29, 1.82) is 0 Å². The lowest BCUT2D eigenvalue weighted by Gasteiger charge is -2.63. The minimum absolute atomic E-state index is 0.0452. The molecule has 1 saturated carbocycles. The lowest BCUT2D eigenvalue weighted by Crippen LogP contribution is -2.77. The van der Waals surface area contributed by atoms with Crippen molar-refractivity contribution in [2.75, 3.05) is 20.7 Å². The molecular weight excluding hydrogens is 388 g/mol. The number of aromatic hydroxyl groups is 1. The van der Waals surface area contributed by atoms with Crippen LogP contribution in [-0.4, -0.2) is 71.5 Å². The van der Waals surface area contributed by atoms with Crippen molar-refractivity contribution in [2.24, 2.45) is 0 Å². The zero-order valence-electron chi connectivity index (χ0n) is 17.1. The molecule has 2 bridgehead atoms. The molecule has 1 amide bonds. The molecule has 2 heterocycles. The molecule has 2 fully saturated rings. The van der Waals surface area contributed by atoms with E-state index in [4.69, 9.17) is 4.74 Å². The van der Waals surface area contributed by atoms with Crippen LogP contribution in [0.1, 0.15) is 30.4 Å². The molecule has 0 radical (unpaired) electrons. The minimum atomic E-state index is -1.00. The summed E-state index contributed by atoms with van der Waals surface area (Å²) in [6.07, 6.45) is 4.16. The van der Waals surface area contributed by atoms with Crippen LogP contribution in [-0.2, 0) is 26.2 Å². The minimum Gasteiger partial charge on any atom is -0.504 e. The van der Waals surface area contributed by atoms with Gasteiger partial charge in [0.25, 0.3) is 0 Å². The SMILES string of the molecule is COC(=O)/C=C/C(=O)N[C@@H]1CC[C@@]2(O)C3Cc4ccc(O)c5c4C2(CCN3C)[C@H]1O5. The number of carbonyl (C=O) groups is 2. The largest absolute Gasteiger partial charge is 0.504 e. The third-order valence-electron chi connectivity index (χ3n) is 7.63. The number of phenolic OH excluding ortho intramolecular Hbond substituents is 1. The van der Waals surface area contributed by atoms with Gasteiger partial charge in [-0.25, -0.2) is 4.79 Å². The number of esters is 1. The van der Waals surface area contributed by atoms with Crippen molar-refractivity contribution in [1.82, 2.24) is 10.2 Å². The molecule has 4 aliphatic rings. The van der Waals surface area contributed by atoms with Gasteiger partial charge in [-0.15, -0.1) is 0 Å². The van der Waals surface area contributed by atoms with Crippen molar-refractivity contribution in [3.8, 4) is 11.5 Å². The van der Waals surface area contributed by atoms with Gasteiger partial charge >= 0.3 is 5.97 Å². The second-order valence-corrected chi connectivity index (χ2v) is 8.84. The third-order valence-corrected chi connectivity index (χ3v) is 7.63. The first kappa shape index (κ1) is 19.4. The fourth-order valence-electron chi connectivity index (χ4n) is 6.34. The van der Waals surface area contributed by atoms with E-state index >= 15 is 0 Å². The van der Waals surface area contributed by atoms with E-state index in [0.717, 1.165) is 29.8 Å². The number of ether oxygens (including phenoxy) is 2. The molecule has 8 heteroatoms. The summed E-state index contributed by atoms with van der Waals surface area (Å²) >= 11 is 0. The van der Waals surface area contributed by atoms with Crippen molar-refractivity contribution in [3.63, 3.8) is 0 Å². The number of benzene rings is 1. The van der Waals surface area contributed by atoms with Crippen molar-refractivity contribution in [2.45, 2.75) is 54.9 Å². The summed E-state index contributed by atoms with van der Waals surface area (Å²) in [6.45, 7) is 0.796. The molecule has 2 unspecified atom stereocenters. The Morgan fingerprint density at radius 1 is 1.33 bits per heavy atom. The van der Waals surface area contributed by atoms with Gasteiger partial charge in [0.1, 0.15) is 6.10 Å². The molecule has 1 aromatic carbocycles. The molecule has 8 nitrogen and oxygen atoms in total. The van der Waals surface area contributed by atoms with Crippen molar-refractivity contribution in [3.05, 3.63) is 35.4 Å². The average molecular weight is 414 g/mol. The molecule has 5 atom stereocenters. The Labute approximate surface area is 174 Å². The van der Waals surface area contributed by atoms with E-state index in [9.17, 15) is 19.8 Å². The number of likely N-dealkylation sites (N-methyl/N-ethyl adjacent to an activating group) is 1. The molecule has 160 valence electrons. The second-order valence-electron chi connectivity index (χ2n) is 8.84. The molecule has 1 spiro atoms. The normalized spacial score (nSPS) is 36.2. The smallest absolute Gasteiger partial charge is 0.330 e. The van der Waals surface area contributed by atoms with Crippen LogP contribution in [0.5, 0.6) is 11.5 Å². The number of nitrogens with one attached hydrogen (secondary N) is 1. The zero-order valence-corrected chi connectivity index (χ0v) is 17.1. The second kappa shape index (κ2) is 6.46. The van der Waals surface area contributed by atoms with Crippen LogP contribution < -0.4 is 10.1 Å². The van der Waals surface area contributed by atoms with Crippen LogP contribution >= 0.6 is 0 Å². The van der Waals surface area contributed by atoms with E-state index in [1.807, 2.05) is 13.1 Å². The molecular formula is C22H26N2O6. The van der Waals surface area contributed by atoms with Gasteiger partial charge in [0, 0.05) is 23.8 Å². The number of piperidine rings is 1. The van der Waals surface area contributed by atoms with Crippen molar-refractivity contribution < 1.29 is 29.3 Å². The number of likely N-dealkylation sites (tertiary alicyclic amines) is 1. The first-order chi connectivity index (χ1) is 14.3. The first-order valence-corrected chi connectivity index (χ1v) is 10.3. The summed E-state index contributed by atoms with van der Waals surface area (Å²) in [5.74, 6) is -0.527. The molecule has 3 N–H and O–H groups in total. The maximum absolute atomic E-state index is 12.4. The predicted molar refractivity (Wildman–Crippen MR) is 106 cm³/mol. The molecule has 1 saturated heterocycles. The van der Waals surface area contributed by atoms with Crippen LogP contribution in [0.3, 0.4) is 0 Å². The van der Waals surface area contributed by atoms with Gasteiger partial charge in [-0.05, 0) is 50.9 Å². The average Bonchev–Trinajstić information content (AvgIpc) is 3.08. The van der Waals surface area contributed by atoms with Gasteiger partial charge in [0.2, 0.25) is 5.91 Å². The number of rotatable bonds is 3. The van der Waals surface area contributed by atoms with Crippen LogP contribution in [0.2, 0.25) is 0 Å². The van der Waals surface area contributed by atoms with Gasteiger partial charge in [-0.1, -0.05) is 6.07 Å². The molecule has 2 aliphatic heterocycles. The van der Waals surface area contributed by atoms with Crippen molar-refractivity contribution >= 4 is 11.9 Å². The van der Waals surface area contributed by atoms with E-state index in [0.29, 0.717) is 31.4 Å². The number of nitrogens with zero attached hydrogens (tertiary/aromatic N) is 1. The van der Waals surface area contributed by atoms with Crippen LogP contribution in [0, 0.1) is 0 Å². The highest BCUT2D eigenvalue weighted by atomic mass is 16.5. The summed E-state index contributed by atoms with van der Waals surface area (Å²) in [7, 11) is 3.29. The molecule has 1 aromatic rings. The highest BCUT2D eigenvalue weighted by molar-refractivity contribution is 5.94. The van der Waals surface area contributed by atoms with Crippen LogP contribution in [0.25, 0.3) is 0 Å². The highest BCUT2D eigenvalue weighted by Gasteiger charge is 2.72. The number of phenols is 1. The summed E-state index contributed by atoms with van der Waals surface area (Å²) < 4.78 is 10.8. The molecule has 2 aliphatic carbocycles. The van der Waals surface area contributed by atoms with Gasteiger partial charge in [0.15, 0.2) is 11.5 Å². The molecule has 5 rings (SSSR count). The summed E-state index contributed by atoms with van der Waals surface area (Å²) in [4.78, 5) is 26.0. The fourth-order valence-corrected chi connectivity index (χ4v) is 6.34. The number of carbonyl (C=O) groups excluding carboxylic acids is 2. The number of amides is 1.